The summed E-state index contributed by atoms with van der Waals surface area (Å²) in [7, 11) is 0. The van der Waals surface area contributed by atoms with Crippen molar-refractivity contribution in [2.45, 2.75) is 0 Å². The van der Waals surface area contributed by atoms with Crippen LogP contribution in [0.15, 0.2) is 152 Å². The van der Waals surface area contributed by atoms with Crippen molar-refractivity contribution in [3.63, 3.8) is 0 Å². The second kappa shape index (κ2) is 13.4. The van der Waals surface area contributed by atoms with Crippen molar-refractivity contribution in [3.05, 3.63) is 181 Å². The molecule has 234 valence electrons. The predicted octanol–water partition coefficient (Wildman–Crippen LogP) is 10.9. The SMILES string of the molecule is [Zn].[c-]1c2nc(c(-c3ccccc3)c3ccc(cc4nc(c(-c5ccccc5)c5ccc1n5N(c1ccccc1)c1ccccc1)C=C4)[nH]3)C=C2. The molecule has 0 saturated heterocycles. The van der Waals surface area contributed by atoms with Gasteiger partial charge in [0.05, 0.1) is 34.0 Å². The smallest absolute Gasteiger partial charge is 0.0737 e. The van der Waals surface area contributed by atoms with Crippen molar-refractivity contribution in [1.82, 2.24) is 19.6 Å². The zero-order chi connectivity index (χ0) is 32.6. The molecule has 0 radical (unpaired) electrons. The first-order chi connectivity index (χ1) is 24.3. The van der Waals surface area contributed by atoms with E-state index in [0.717, 1.165) is 78.5 Å². The summed E-state index contributed by atoms with van der Waals surface area (Å²) < 4.78 is 2.24. The first-order valence-electron chi connectivity index (χ1n) is 16.4. The van der Waals surface area contributed by atoms with E-state index in [-0.39, 0.29) is 19.5 Å². The third-order valence-corrected chi connectivity index (χ3v) is 8.79. The molecular weight excluding hydrogens is 664 g/mol. The number of H-pyrrole nitrogens is 1. The van der Waals surface area contributed by atoms with Crippen molar-refractivity contribution in [2.24, 2.45) is 0 Å². The van der Waals surface area contributed by atoms with E-state index in [0.29, 0.717) is 0 Å². The summed E-state index contributed by atoms with van der Waals surface area (Å²) in [4.78, 5) is 14.0. The van der Waals surface area contributed by atoms with Crippen LogP contribution in [0.1, 0.15) is 22.8 Å². The Bertz CT molecular complexity index is 2500. The summed E-state index contributed by atoms with van der Waals surface area (Å²) in [6.45, 7) is 0. The van der Waals surface area contributed by atoms with Crippen LogP contribution in [0.25, 0.3) is 68.6 Å². The van der Waals surface area contributed by atoms with Gasteiger partial charge in [-0.15, -0.1) is 18.2 Å². The molecule has 0 saturated carbocycles. The molecule has 9 rings (SSSR count). The molecule has 6 heteroatoms. The van der Waals surface area contributed by atoms with E-state index in [9.17, 15) is 0 Å². The molecular formula is C44H30N5Zn-. The van der Waals surface area contributed by atoms with Gasteiger partial charge in [-0.05, 0) is 77.0 Å². The third-order valence-electron chi connectivity index (χ3n) is 8.79. The van der Waals surface area contributed by atoms with Gasteiger partial charge in [-0.25, -0.2) is 4.98 Å². The quantitative estimate of drug-likeness (QED) is 0.144. The van der Waals surface area contributed by atoms with Gasteiger partial charge in [-0.3, -0.25) is 14.7 Å². The van der Waals surface area contributed by atoms with E-state index >= 15 is 0 Å². The van der Waals surface area contributed by atoms with E-state index in [4.69, 9.17) is 9.97 Å². The molecule has 7 aromatic rings. The third kappa shape index (κ3) is 5.80. The molecule has 0 unspecified atom stereocenters. The molecule has 50 heavy (non-hydrogen) atoms. The summed E-state index contributed by atoms with van der Waals surface area (Å²) in [6.07, 6.45) is 8.33. The van der Waals surface area contributed by atoms with Crippen LogP contribution in [0, 0.1) is 6.07 Å². The molecule has 1 N–H and O–H groups in total. The molecule has 0 aliphatic carbocycles. The summed E-state index contributed by atoms with van der Waals surface area (Å²) in [5.41, 5.74) is 13.4. The summed E-state index contributed by atoms with van der Waals surface area (Å²) in [5.74, 6) is 0. The van der Waals surface area contributed by atoms with Crippen LogP contribution < -0.4 is 5.01 Å². The van der Waals surface area contributed by atoms with Crippen LogP contribution in [0.4, 0.5) is 11.4 Å². The number of para-hydroxylation sites is 2. The fourth-order valence-electron chi connectivity index (χ4n) is 6.63. The van der Waals surface area contributed by atoms with Gasteiger partial charge < -0.3 is 4.98 Å². The Kier molecular flexibility index (Phi) is 8.38. The Morgan fingerprint density at radius 3 is 1.78 bits per heavy atom. The molecule has 0 spiro atoms. The molecule has 3 aromatic heterocycles. The van der Waals surface area contributed by atoms with Gasteiger partial charge >= 0.3 is 0 Å². The van der Waals surface area contributed by atoms with Gasteiger partial charge in [0.25, 0.3) is 0 Å². The van der Waals surface area contributed by atoms with Gasteiger partial charge in [0.2, 0.25) is 0 Å². The fourth-order valence-corrected chi connectivity index (χ4v) is 6.63. The number of benzene rings is 4. The van der Waals surface area contributed by atoms with Crippen LogP contribution in [0.3, 0.4) is 0 Å². The minimum atomic E-state index is 0. The maximum absolute atomic E-state index is 5.22. The van der Waals surface area contributed by atoms with E-state index < -0.39 is 0 Å². The number of rotatable bonds is 5. The van der Waals surface area contributed by atoms with Gasteiger partial charge in [0.15, 0.2) is 0 Å². The van der Waals surface area contributed by atoms with Crippen LogP contribution in [0.2, 0.25) is 0 Å². The topological polar surface area (TPSA) is 49.7 Å². The first kappa shape index (κ1) is 31.2. The molecule has 4 aromatic carbocycles. The predicted molar refractivity (Wildman–Crippen MR) is 203 cm³/mol. The molecule has 2 aliphatic rings. The monoisotopic (exact) mass is 692 g/mol. The van der Waals surface area contributed by atoms with Crippen molar-refractivity contribution < 1.29 is 19.5 Å². The minimum absolute atomic E-state index is 0. The van der Waals surface area contributed by atoms with E-state index in [1.54, 1.807) is 0 Å². The summed E-state index contributed by atoms with van der Waals surface area (Å²) >= 11 is 0. The Balaban J connectivity index is 0.00000361. The fraction of sp³-hybridized carbons (Fsp3) is 0. The van der Waals surface area contributed by atoms with Crippen LogP contribution in [-0.4, -0.2) is 19.6 Å². The van der Waals surface area contributed by atoms with Crippen molar-refractivity contribution >= 4 is 57.7 Å². The number of fused-ring (bicyclic) bond motifs is 8. The second-order valence-electron chi connectivity index (χ2n) is 11.9. The minimum Gasteiger partial charge on any atom is -0.355 e. The van der Waals surface area contributed by atoms with Crippen LogP contribution in [0.5, 0.6) is 0 Å². The van der Waals surface area contributed by atoms with E-state index in [2.05, 4.69) is 166 Å². The van der Waals surface area contributed by atoms with E-state index in [1.165, 1.54) is 0 Å². The normalized spacial score (nSPS) is 11.7. The standard InChI is InChI=1S/C44H30N5.Zn/c1-5-13-31(14-6-1)43-39-25-21-33(45-39)29-34-22-27-41(46-34)44(32-15-7-2-8-16-32)42-28-24-38(30-35-23-26-40(43)47-35)49(42)48(36-17-9-3-10-18-36)37-19-11-4-12-20-37;/h1-29,45H;/q-1;. The zero-order valence-electron chi connectivity index (χ0n) is 27.2. The Morgan fingerprint density at radius 1 is 0.540 bits per heavy atom. The van der Waals surface area contributed by atoms with Gasteiger partial charge in [-0.1, -0.05) is 109 Å². The number of nitrogens with zero attached hydrogens (tertiary/aromatic N) is 4. The van der Waals surface area contributed by atoms with Crippen molar-refractivity contribution in [3.8, 4) is 22.3 Å². The number of aromatic amines is 1. The largest absolute Gasteiger partial charge is 0.355 e. The molecule has 0 amide bonds. The van der Waals surface area contributed by atoms with E-state index in [1.807, 2.05) is 30.3 Å². The molecule has 5 heterocycles. The summed E-state index contributed by atoms with van der Waals surface area (Å²) in [6, 6.07) is 56.1. The number of nitrogens with one attached hydrogen (secondary N) is 1. The zero-order valence-corrected chi connectivity index (χ0v) is 30.2. The average Bonchev–Trinajstić information content (AvgIpc) is 3.98. The molecule has 5 nitrogen and oxygen atoms in total. The number of aromatic nitrogens is 4. The molecule has 8 bridgehead atoms. The van der Waals surface area contributed by atoms with Gasteiger partial charge in [0.1, 0.15) is 0 Å². The molecule has 0 fully saturated rings. The molecule has 2 aliphatic heterocycles. The average molecular weight is 694 g/mol. The number of hydrogen-bond donors (Lipinski definition) is 1. The first-order valence-corrected chi connectivity index (χ1v) is 16.4. The Labute approximate surface area is 303 Å². The van der Waals surface area contributed by atoms with Crippen molar-refractivity contribution in [2.75, 3.05) is 5.01 Å². The van der Waals surface area contributed by atoms with Crippen LogP contribution in [-0.2, 0) is 19.5 Å². The maximum Gasteiger partial charge on any atom is 0.0737 e. The number of hydrogen-bond acceptors (Lipinski definition) is 3. The van der Waals surface area contributed by atoms with Gasteiger partial charge in [-0.2, -0.15) is 0 Å². The van der Waals surface area contributed by atoms with Crippen LogP contribution >= 0.6 is 0 Å². The number of anilines is 2. The van der Waals surface area contributed by atoms with Gasteiger partial charge in [0, 0.05) is 41.6 Å². The summed E-state index contributed by atoms with van der Waals surface area (Å²) in [5, 5.41) is 2.24. The Hall–Kier alpha value is -6.10. The Morgan fingerprint density at radius 2 is 1.12 bits per heavy atom. The van der Waals surface area contributed by atoms with Crippen molar-refractivity contribution in [1.29, 1.82) is 0 Å². The second-order valence-corrected chi connectivity index (χ2v) is 11.9. The molecule has 0 atom stereocenters. The maximum atomic E-state index is 5.22.